The second kappa shape index (κ2) is 9.25. The van der Waals surface area contributed by atoms with Crippen molar-refractivity contribution in [2.45, 2.75) is 53.5 Å². The van der Waals surface area contributed by atoms with Crippen LogP contribution in [0.4, 0.5) is 5.82 Å². The van der Waals surface area contributed by atoms with Gasteiger partial charge < -0.3 is 19.2 Å². The van der Waals surface area contributed by atoms with Gasteiger partial charge in [-0.3, -0.25) is 9.59 Å². The van der Waals surface area contributed by atoms with E-state index in [1.165, 1.54) is 0 Å². The van der Waals surface area contributed by atoms with E-state index in [9.17, 15) is 9.59 Å². The normalized spacial score (nSPS) is 14.7. The first-order chi connectivity index (χ1) is 17.2. The first-order valence-corrected chi connectivity index (χ1v) is 12.2. The number of amides is 2. The number of nitrogens with zero attached hydrogens (tertiary/aromatic N) is 5. The second-order valence-corrected chi connectivity index (χ2v) is 9.68. The molecule has 0 radical (unpaired) electrons. The third-order valence-electron chi connectivity index (χ3n) is 6.64. The van der Waals surface area contributed by atoms with Crippen LogP contribution in [0.3, 0.4) is 0 Å². The number of carbonyl (C=O) groups is 2. The number of hydrogen-bond donors (Lipinski definition) is 1. The van der Waals surface area contributed by atoms with Crippen LogP contribution in [0.1, 0.15) is 60.4 Å². The monoisotopic (exact) mass is 490 g/mol. The van der Waals surface area contributed by atoms with Crippen molar-refractivity contribution in [1.29, 1.82) is 0 Å². The van der Waals surface area contributed by atoms with Crippen LogP contribution >= 0.6 is 0 Å². The molecule has 4 aromatic heterocycles. The van der Waals surface area contributed by atoms with E-state index in [-0.39, 0.29) is 23.8 Å². The van der Waals surface area contributed by atoms with E-state index >= 15 is 0 Å². The third kappa shape index (κ3) is 4.38. The molecule has 5 rings (SSSR count). The zero-order chi connectivity index (χ0) is 25.6. The first-order valence-electron chi connectivity index (χ1n) is 12.2. The summed E-state index contributed by atoms with van der Waals surface area (Å²) in [5.41, 5.74) is 2.76. The van der Waals surface area contributed by atoms with Crippen molar-refractivity contribution in [2.24, 2.45) is 5.92 Å². The average molecular weight is 491 g/mol. The van der Waals surface area contributed by atoms with Gasteiger partial charge in [-0.15, -0.1) is 0 Å². The van der Waals surface area contributed by atoms with Crippen LogP contribution in [-0.4, -0.2) is 49.7 Å². The molecule has 0 bridgehead atoms. The lowest BCUT2D eigenvalue weighted by Gasteiger charge is -2.31. The van der Waals surface area contributed by atoms with E-state index in [0.717, 1.165) is 22.5 Å². The van der Waals surface area contributed by atoms with Gasteiger partial charge in [0, 0.05) is 36.7 Å². The van der Waals surface area contributed by atoms with E-state index in [4.69, 9.17) is 13.9 Å². The smallest absolute Gasteiger partial charge is 0.254 e. The summed E-state index contributed by atoms with van der Waals surface area (Å²) in [5, 5.41) is 11.9. The fourth-order valence-corrected chi connectivity index (χ4v) is 4.76. The minimum absolute atomic E-state index is 0.0862. The van der Waals surface area contributed by atoms with E-state index < -0.39 is 0 Å². The zero-order valence-corrected chi connectivity index (χ0v) is 21.2. The Labute approximate surface area is 208 Å². The molecule has 1 aliphatic rings. The number of hydrogen-bond acceptors (Lipinski definition) is 7. The molecule has 1 N–H and O–H groups in total. The van der Waals surface area contributed by atoms with Crippen LogP contribution in [-0.2, 0) is 4.79 Å². The highest BCUT2D eigenvalue weighted by atomic mass is 16.5. The Bertz CT molecular complexity index is 1440. The van der Waals surface area contributed by atoms with Gasteiger partial charge in [-0.25, -0.2) is 9.67 Å². The average Bonchev–Trinajstić information content (AvgIpc) is 3.55. The zero-order valence-electron chi connectivity index (χ0n) is 21.2. The standard InChI is InChI=1S/C26H30N6O4/c1-14(2)32-24-21(13-27-32)20(12-22(28-24)19-10-15(3)35-17(19)5)26(34)31-8-6-18(7-9-31)25(33)29-23-11-16(4)36-30-23/h10-14,18H,6-9H2,1-5H3,(H,29,30,33). The summed E-state index contributed by atoms with van der Waals surface area (Å²) >= 11 is 0. The van der Waals surface area contributed by atoms with Gasteiger partial charge in [0.25, 0.3) is 5.91 Å². The van der Waals surface area contributed by atoms with Gasteiger partial charge in [-0.05, 0) is 59.6 Å². The Morgan fingerprint density at radius 3 is 2.44 bits per heavy atom. The lowest BCUT2D eigenvalue weighted by molar-refractivity contribution is -0.121. The number of anilines is 1. The van der Waals surface area contributed by atoms with Crippen molar-refractivity contribution in [3.63, 3.8) is 0 Å². The molecule has 36 heavy (non-hydrogen) atoms. The maximum atomic E-state index is 13.8. The number of rotatable bonds is 5. The summed E-state index contributed by atoms with van der Waals surface area (Å²) in [4.78, 5) is 33.1. The highest BCUT2D eigenvalue weighted by molar-refractivity contribution is 6.06. The molecule has 0 unspecified atom stereocenters. The second-order valence-electron chi connectivity index (χ2n) is 9.68. The fourth-order valence-electron chi connectivity index (χ4n) is 4.76. The largest absolute Gasteiger partial charge is 0.466 e. The molecule has 1 saturated heterocycles. The molecular formula is C26H30N6O4. The molecule has 10 heteroatoms. The molecule has 0 aromatic carbocycles. The Morgan fingerprint density at radius 1 is 1.08 bits per heavy atom. The van der Waals surface area contributed by atoms with E-state index in [1.807, 2.05) is 49.4 Å². The Hall–Kier alpha value is -3.95. The summed E-state index contributed by atoms with van der Waals surface area (Å²) < 4.78 is 12.6. The number of pyridine rings is 1. The molecule has 1 fully saturated rings. The topological polar surface area (TPSA) is 119 Å². The van der Waals surface area contributed by atoms with Crippen molar-refractivity contribution in [2.75, 3.05) is 18.4 Å². The van der Waals surface area contributed by atoms with Gasteiger partial charge in [0.15, 0.2) is 11.5 Å². The van der Waals surface area contributed by atoms with Crippen molar-refractivity contribution in [3.8, 4) is 11.3 Å². The molecule has 4 aromatic rings. The number of fused-ring (bicyclic) bond motifs is 1. The number of furan rings is 1. The van der Waals surface area contributed by atoms with Gasteiger partial charge in [-0.2, -0.15) is 5.10 Å². The number of likely N-dealkylation sites (tertiary alicyclic amines) is 1. The van der Waals surface area contributed by atoms with Gasteiger partial charge in [-0.1, -0.05) is 5.16 Å². The minimum atomic E-state index is -0.195. The molecule has 10 nitrogen and oxygen atoms in total. The van der Waals surface area contributed by atoms with E-state index in [1.54, 1.807) is 19.2 Å². The fraction of sp³-hybridized carbons (Fsp3) is 0.423. The van der Waals surface area contributed by atoms with Crippen LogP contribution in [0.15, 0.2) is 33.3 Å². The summed E-state index contributed by atoms with van der Waals surface area (Å²) in [7, 11) is 0. The highest BCUT2D eigenvalue weighted by Gasteiger charge is 2.30. The van der Waals surface area contributed by atoms with Crippen molar-refractivity contribution in [1.82, 2.24) is 24.8 Å². The van der Waals surface area contributed by atoms with Crippen molar-refractivity contribution in [3.05, 3.63) is 47.2 Å². The predicted molar refractivity (Wildman–Crippen MR) is 134 cm³/mol. The van der Waals surface area contributed by atoms with Crippen molar-refractivity contribution >= 4 is 28.7 Å². The van der Waals surface area contributed by atoms with Crippen LogP contribution in [0.2, 0.25) is 0 Å². The molecule has 0 atom stereocenters. The molecule has 0 spiro atoms. The van der Waals surface area contributed by atoms with E-state index in [0.29, 0.717) is 54.4 Å². The predicted octanol–water partition coefficient (Wildman–Crippen LogP) is 4.68. The quantitative estimate of drug-likeness (QED) is 0.431. The highest BCUT2D eigenvalue weighted by Crippen LogP contribution is 2.31. The number of carbonyl (C=O) groups excluding carboxylic acids is 2. The first kappa shape index (κ1) is 23.8. The maximum absolute atomic E-state index is 13.8. The molecule has 188 valence electrons. The Morgan fingerprint density at radius 2 is 1.83 bits per heavy atom. The molecule has 2 amide bonds. The summed E-state index contributed by atoms with van der Waals surface area (Å²) in [6.45, 7) is 10.6. The van der Waals surface area contributed by atoms with Gasteiger partial charge in [0.05, 0.1) is 22.8 Å². The molecule has 0 aliphatic carbocycles. The van der Waals surface area contributed by atoms with Gasteiger partial charge >= 0.3 is 0 Å². The minimum Gasteiger partial charge on any atom is -0.466 e. The maximum Gasteiger partial charge on any atom is 0.254 e. The van der Waals surface area contributed by atoms with Crippen molar-refractivity contribution < 1.29 is 18.5 Å². The van der Waals surface area contributed by atoms with Crippen LogP contribution < -0.4 is 5.32 Å². The SMILES string of the molecule is Cc1cc(NC(=O)C2CCN(C(=O)c3cc(-c4cc(C)oc4C)nc4c3cnn4C(C)C)CC2)no1. The molecular weight excluding hydrogens is 460 g/mol. The lowest BCUT2D eigenvalue weighted by atomic mass is 9.95. The number of piperidine rings is 1. The van der Waals surface area contributed by atoms with Crippen LogP contribution in [0, 0.1) is 26.7 Å². The van der Waals surface area contributed by atoms with Gasteiger partial charge in [0.2, 0.25) is 5.91 Å². The summed E-state index contributed by atoms with van der Waals surface area (Å²) in [6, 6.07) is 5.54. The lowest BCUT2D eigenvalue weighted by Crippen LogP contribution is -2.41. The Balaban J connectivity index is 1.40. The molecule has 1 aliphatic heterocycles. The molecule has 0 saturated carbocycles. The Kier molecular flexibility index (Phi) is 6.11. The summed E-state index contributed by atoms with van der Waals surface area (Å²) in [5.74, 6) is 2.20. The van der Waals surface area contributed by atoms with Crippen LogP contribution in [0.5, 0.6) is 0 Å². The molecule has 5 heterocycles. The van der Waals surface area contributed by atoms with Crippen LogP contribution in [0.25, 0.3) is 22.3 Å². The summed E-state index contributed by atoms with van der Waals surface area (Å²) in [6.07, 6.45) is 2.86. The number of aromatic nitrogens is 4. The number of aryl methyl sites for hydroxylation is 3. The third-order valence-corrected chi connectivity index (χ3v) is 6.64. The number of nitrogens with one attached hydrogen (secondary N) is 1. The van der Waals surface area contributed by atoms with Gasteiger partial charge in [0.1, 0.15) is 17.3 Å². The van der Waals surface area contributed by atoms with E-state index in [2.05, 4.69) is 15.6 Å².